The third-order valence-electron chi connectivity index (χ3n) is 3.65. The van der Waals surface area contributed by atoms with Gasteiger partial charge in [-0.3, -0.25) is 4.98 Å². The Bertz CT molecular complexity index is 579. The third kappa shape index (κ3) is 4.00. The minimum absolute atomic E-state index is 0.0478. The van der Waals surface area contributed by atoms with Gasteiger partial charge in [0.25, 0.3) is 0 Å². The molecule has 0 bridgehead atoms. The number of nitrogens with one attached hydrogen (secondary N) is 1. The second-order valence-electron chi connectivity index (χ2n) is 5.59. The second kappa shape index (κ2) is 6.09. The van der Waals surface area contributed by atoms with E-state index in [1.54, 1.807) is 0 Å². The van der Waals surface area contributed by atoms with Crippen molar-refractivity contribution in [1.29, 1.82) is 0 Å². The van der Waals surface area contributed by atoms with E-state index in [2.05, 4.69) is 32.6 Å². The lowest BCUT2D eigenvalue weighted by molar-refractivity contribution is -0.00751. The normalized spacial score (nSPS) is 27.4. The van der Waals surface area contributed by atoms with Gasteiger partial charge in [0.1, 0.15) is 4.90 Å². The second-order valence-corrected chi connectivity index (χ2v) is 8.27. The molecule has 20 heavy (non-hydrogen) atoms. The number of sulfonamides is 1. The summed E-state index contributed by atoms with van der Waals surface area (Å²) < 4.78 is 27.4. The average Bonchev–Trinajstić information content (AvgIpc) is 2.37. The lowest BCUT2D eigenvalue weighted by Crippen LogP contribution is -2.45. The van der Waals surface area contributed by atoms with Crippen LogP contribution in [0.15, 0.2) is 27.8 Å². The Morgan fingerprint density at radius 3 is 2.95 bits per heavy atom. The molecule has 5 nitrogen and oxygen atoms in total. The van der Waals surface area contributed by atoms with Gasteiger partial charge in [0, 0.05) is 23.4 Å². The third-order valence-corrected chi connectivity index (χ3v) is 5.45. The van der Waals surface area contributed by atoms with Gasteiger partial charge in [-0.2, -0.15) is 0 Å². The van der Waals surface area contributed by atoms with Crippen molar-refractivity contribution in [3.8, 4) is 0 Å². The van der Waals surface area contributed by atoms with Gasteiger partial charge in [0.2, 0.25) is 10.0 Å². The predicted molar refractivity (Wildman–Crippen MR) is 79.7 cm³/mol. The maximum atomic E-state index is 12.2. The number of halogens is 1. The molecule has 1 aromatic rings. The zero-order valence-corrected chi connectivity index (χ0v) is 13.7. The fourth-order valence-electron chi connectivity index (χ4n) is 2.64. The van der Waals surface area contributed by atoms with E-state index in [-0.39, 0.29) is 11.4 Å². The van der Waals surface area contributed by atoms with Crippen LogP contribution < -0.4 is 4.72 Å². The first-order valence-electron chi connectivity index (χ1n) is 6.63. The molecular formula is C13H19BrN2O3S. The number of nitrogens with zero attached hydrogens (tertiary/aromatic N) is 1. The van der Waals surface area contributed by atoms with Crippen molar-refractivity contribution in [2.75, 3.05) is 6.54 Å². The molecule has 1 heterocycles. The monoisotopic (exact) mass is 362 g/mol. The number of aromatic nitrogens is 1. The summed E-state index contributed by atoms with van der Waals surface area (Å²) in [4.78, 5) is 3.94. The standard InChI is InChI=1S/C13H19BrN2O3S/c1-10-3-2-4-13(17,6-10)9-16-20(18,19)12-5-11(14)7-15-8-12/h5,7-8,10,16-17H,2-4,6,9H2,1H3. The van der Waals surface area contributed by atoms with E-state index in [1.807, 2.05) is 0 Å². The molecule has 2 N–H and O–H groups in total. The predicted octanol–water partition coefficient (Wildman–Crippen LogP) is 2.06. The van der Waals surface area contributed by atoms with Gasteiger partial charge in [-0.15, -0.1) is 0 Å². The lowest BCUT2D eigenvalue weighted by atomic mass is 9.79. The minimum Gasteiger partial charge on any atom is -0.389 e. The maximum Gasteiger partial charge on any atom is 0.242 e. The highest BCUT2D eigenvalue weighted by molar-refractivity contribution is 9.10. The fraction of sp³-hybridized carbons (Fsp3) is 0.615. The zero-order valence-electron chi connectivity index (χ0n) is 11.3. The maximum absolute atomic E-state index is 12.2. The van der Waals surface area contributed by atoms with Gasteiger partial charge < -0.3 is 5.11 Å². The van der Waals surface area contributed by atoms with E-state index in [9.17, 15) is 13.5 Å². The van der Waals surface area contributed by atoms with E-state index in [4.69, 9.17) is 0 Å². The van der Waals surface area contributed by atoms with Crippen molar-refractivity contribution in [1.82, 2.24) is 9.71 Å². The first-order valence-corrected chi connectivity index (χ1v) is 8.91. The molecule has 1 fully saturated rings. The van der Waals surface area contributed by atoms with E-state index >= 15 is 0 Å². The molecule has 0 amide bonds. The van der Waals surface area contributed by atoms with Gasteiger partial charge in [0.15, 0.2) is 0 Å². The van der Waals surface area contributed by atoms with E-state index in [1.165, 1.54) is 18.5 Å². The molecule has 1 aliphatic rings. The first-order chi connectivity index (χ1) is 9.31. The van der Waals surface area contributed by atoms with Crippen LogP contribution in [-0.4, -0.2) is 30.7 Å². The number of rotatable bonds is 4. The molecule has 0 saturated heterocycles. The van der Waals surface area contributed by atoms with Crippen LogP contribution in [0.4, 0.5) is 0 Å². The van der Waals surface area contributed by atoms with Gasteiger partial charge in [-0.05, 0) is 40.8 Å². The van der Waals surface area contributed by atoms with E-state index in [0.717, 1.165) is 12.8 Å². The fourth-order valence-corrected chi connectivity index (χ4v) is 4.27. The van der Waals surface area contributed by atoms with Crippen LogP contribution in [0.1, 0.15) is 32.6 Å². The number of hydrogen-bond acceptors (Lipinski definition) is 4. The summed E-state index contributed by atoms with van der Waals surface area (Å²) in [6.45, 7) is 2.13. The molecule has 7 heteroatoms. The highest BCUT2D eigenvalue weighted by Gasteiger charge is 2.33. The molecule has 1 aliphatic carbocycles. The lowest BCUT2D eigenvalue weighted by Gasteiger charge is -2.35. The number of aliphatic hydroxyl groups is 1. The van der Waals surface area contributed by atoms with E-state index < -0.39 is 15.6 Å². The smallest absolute Gasteiger partial charge is 0.242 e. The summed E-state index contributed by atoms with van der Waals surface area (Å²) >= 11 is 3.20. The molecule has 0 spiro atoms. The Kier molecular flexibility index (Phi) is 4.84. The molecule has 0 radical (unpaired) electrons. The van der Waals surface area contributed by atoms with Gasteiger partial charge in [-0.25, -0.2) is 13.1 Å². The van der Waals surface area contributed by atoms with Gasteiger partial charge in [-0.1, -0.05) is 19.8 Å². The van der Waals surface area contributed by atoms with Crippen LogP contribution >= 0.6 is 15.9 Å². The van der Waals surface area contributed by atoms with Gasteiger partial charge >= 0.3 is 0 Å². The quantitative estimate of drug-likeness (QED) is 0.858. The number of hydrogen-bond donors (Lipinski definition) is 2. The Hall–Kier alpha value is -0.500. The summed E-state index contributed by atoms with van der Waals surface area (Å²) in [5, 5.41) is 10.5. The number of pyridine rings is 1. The summed E-state index contributed by atoms with van der Waals surface area (Å²) in [5.41, 5.74) is -0.940. The molecule has 1 saturated carbocycles. The van der Waals surface area contributed by atoms with Crippen molar-refractivity contribution in [2.45, 2.75) is 43.1 Å². The topological polar surface area (TPSA) is 79.3 Å². The van der Waals surface area contributed by atoms with Crippen LogP contribution in [0.2, 0.25) is 0 Å². The highest BCUT2D eigenvalue weighted by atomic mass is 79.9. The van der Waals surface area contributed by atoms with Crippen LogP contribution in [0.5, 0.6) is 0 Å². The Labute approximate surface area is 128 Å². The molecule has 2 unspecified atom stereocenters. The van der Waals surface area contributed by atoms with Crippen molar-refractivity contribution in [2.24, 2.45) is 5.92 Å². The first kappa shape index (κ1) is 15.9. The SMILES string of the molecule is CC1CCCC(O)(CNS(=O)(=O)c2cncc(Br)c2)C1. The van der Waals surface area contributed by atoms with Crippen molar-refractivity contribution >= 4 is 26.0 Å². The molecular weight excluding hydrogens is 344 g/mol. The Morgan fingerprint density at radius 2 is 2.30 bits per heavy atom. The van der Waals surface area contributed by atoms with Crippen LogP contribution in [0.3, 0.4) is 0 Å². The molecule has 1 aromatic heterocycles. The van der Waals surface area contributed by atoms with Crippen LogP contribution in [0.25, 0.3) is 0 Å². The Morgan fingerprint density at radius 1 is 1.55 bits per heavy atom. The van der Waals surface area contributed by atoms with Gasteiger partial charge in [0.05, 0.1) is 5.60 Å². The summed E-state index contributed by atoms with van der Waals surface area (Å²) in [6.07, 6.45) is 6.10. The highest BCUT2D eigenvalue weighted by Crippen LogP contribution is 2.31. The summed E-state index contributed by atoms with van der Waals surface area (Å²) in [6, 6.07) is 1.49. The molecule has 0 aliphatic heterocycles. The molecule has 2 atom stereocenters. The van der Waals surface area contributed by atoms with Crippen molar-refractivity contribution in [3.63, 3.8) is 0 Å². The minimum atomic E-state index is -3.64. The van der Waals surface area contributed by atoms with Crippen LogP contribution in [-0.2, 0) is 10.0 Å². The summed E-state index contributed by atoms with van der Waals surface area (Å²) in [5.74, 6) is 0.422. The van der Waals surface area contributed by atoms with Crippen molar-refractivity contribution in [3.05, 3.63) is 22.9 Å². The average molecular weight is 363 g/mol. The van der Waals surface area contributed by atoms with E-state index in [0.29, 0.717) is 23.2 Å². The largest absolute Gasteiger partial charge is 0.389 e. The van der Waals surface area contributed by atoms with Crippen molar-refractivity contribution < 1.29 is 13.5 Å². The summed E-state index contributed by atoms with van der Waals surface area (Å²) in [7, 11) is -3.64. The Balaban J connectivity index is 2.06. The molecule has 112 valence electrons. The zero-order chi connectivity index (χ0) is 14.8. The van der Waals surface area contributed by atoms with Crippen LogP contribution in [0, 0.1) is 5.92 Å². The molecule has 0 aromatic carbocycles. The molecule has 2 rings (SSSR count).